The fraction of sp³-hybridized carbons (Fsp3) is 0.382. The van der Waals surface area contributed by atoms with E-state index in [1.807, 2.05) is 12.1 Å². The molecule has 0 heterocycles. The van der Waals surface area contributed by atoms with Crippen molar-refractivity contribution in [1.82, 2.24) is 0 Å². The van der Waals surface area contributed by atoms with Crippen molar-refractivity contribution >= 4 is 12.0 Å². The molecule has 0 saturated heterocycles. The third kappa shape index (κ3) is 5.71. The van der Waals surface area contributed by atoms with E-state index in [-0.39, 0.29) is 16.4 Å². The predicted octanol–water partition coefficient (Wildman–Crippen LogP) is 8.10. The van der Waals surface area contributed by atoms with Gasteiger partial charge in [0.25, 0.3) is 0 Å². The van der Waals surface area contributed by atoms with Crippen LogP contribution in [0.5, 0.6) is 5.75 Å². The maximum Gasteiger partial charge on any atom is 0.335 e. The zero-order valence-electron chi connectivity index (χ0n) is 23.6. The number of ether oxygens (including phenoxy) is 1. The lowest BCUT2D eigenvalue weighted by molar-refractivity contribution is 0.0696. The maximum absolute atomic E-state index is 11.3. The lowest BCUT2D eigenvalue weighted by Gasteiger charge is -2.44. The van der Waals surface area contributed by atoms with Crippen molar-refractivity contribution in [2.24, 2.45) is 0 Å². The summed E-state index contributed by atoms with van der Waals surface area (Å²) in [6, 6.07) is 19.2. The number of aliphatic hydroxyl groups excluding tert-OH is 1. The highest BCUT2D eigenvalue weighted by Gasteiger charge is 2.41. The number of carboxylic acids is 1. The van der Waals surface area contributed by atoms with Crippen LogP contribution < -0.4 is 4.74 Å². The number of aryl methyl sites for hydroxylation is 1. The van der Waals surface area contributed by atoms with E-state index in [0.717, 1.165) is 35.3 Å². The Hall–Kier alpha value is -3.37. The summed E-state index contributed by atoms with van der Waals surface area (Å²) in [4.78, 5) is 11.1. The number of hydrogen-bond donors (Lipinski definition) is 2. The van der Waals surface area contributed by atoms with Crippen LogP contribution >= 0.6 is 0 Å². The van der Waals surface area contributed by atoms with Crippen LogP contribution in [0.4, 0.5) is 0 Å². The van der Waals surface area contributed by atoms with E-state index < -0.39 is 17.7 Å². The molecular weight excluding hydrogens is 472 g/mol. The minimum Gasteiger partial charge on any atom is -0.483 e. The minimum absolute atomic E-state index is 0.0525. The van der Waals surface area contributed by atoms with Crippen LogP contribution in [0, 0.1) is 6.92 Å². The zero-order chi connectivity index (χ0) is 27.9. The maximum atomic E-state index is 11.3. The van der Waals surface area contributed by atoms with Gasteiger partial charge in [0.1, 0.15) is 11.4 Å². The molecule has 0 fully saturated rings. The Kier molecular flexibility index (Phi) is 7.33. The van der Waals surface area contributed by atoms with E-state index >= 15 is 0 Å². The van der Waals surface area contributed by atoms with Crippen molar-refractivity contribution in [1.29, 1.82) is 0 Å². The van der Waals surface area contributed by atoms with Crippen molar-refractivity contribution in [3.63, 3.8) is 0 Å². The second-order valence-corrected chi connectivity index (χ2v) is 12.4. The molecule has 1 aliphatic rings. The Bertz CT molecular complexity index is 1340. The molecule has 4 heteroatoms. The Morgan fingerprint density at radius 2 is 1.55 bits per heavy atom. The Morgan fingerprint density at radius 3 is 2.16 bits per heavy atom. The molecule has 4 nitrogen and oxygen atoms in total. The molecule has 1 aliphatic carbocycles. The van der Waals surface area contributed by atoms with Crippen LogP contribution in [0.3, 0.4) is 0 Å². The van der Waals surface area contributed by atoms with Gasteiger partial charge in [0, 0.05) is 5.56 Å². The van der Waals surface area contributed by atoms with E-state index in [0.29, 0.717) is 0 Å². The molecule has 3 aromatic carbocycles. The second-order valence-electron chi connectivity index (χ2n) is 12.4. The molecule has 4 rings (SSSR count). The summed E-state index contributed by atoms with van der Waals surface area (Å²) in [6.07, 6.45) is 4.83. The van der Waals surface area contributed by atoms with E-state index in [4.69, 9.17) is 9.84 Å². The Balaban J connectivity index is 1.76. The fourth-order valence-electron chi connectivity index (χ4n) is 5.34. The highest BCUT2D eigenvalue weighted by molar-refractivity contribution is 5.87. The van der Waals surface area contributed by atoms with Gasteiger partial charge in [0.15, 0.2) is 0 Å². The molecule has 1 atom stereocenters. The van der Waals surface area contributed by atoms with Crippen LogP contribution in [0.25, 0.3) is 6.08 Å². The van der Waals surface area contributed by atoms with Crippen molar-refractivity contribution in [3.05, 3.63) is 106 Å². The van der Waals surface area contributed by atoms with Gasteiger partial charge in [-0.1, -0.05) is 87.9 Å². The lowest BCUT2D eigenvalue weighted by Crippen LogP contribution is -2.36. The van der Waals surface area contributed by atoms with E-state index in [9.17, 15) is 9.90 Å². The summed E-state index contributed by atoms with van der Waals surface area (Å²) < 4.78 is 6.85. The van der Waals surface area contributed by atoms with Crippen LogP contribution in [-0.4, -0.2) is 16.2 Å². The molecule has 2 N–H and O–H groups in total. The molecule has 0 aliphatic heterocycles. The molecule has 0 bridgehead atoms. The average Bonchev–Trinajstić information content (AvgIpc) is 2.85. The number of benzene rings is 3. The van der Waals surface area contributed by atoms with Gasteiger partial charge < -0.3 is 14.9 Å². The van der Waals surface area contributed by atoms with Crippen molar-refractivity contribution in [2.45, 2.75) is 83.8 Å². The first-order valence-electron chi connectivity index (χ1n) is 13.3. The first-order valence-corrected chi connectivity index (χ1v) is 13.3. The van der Waals surface area contributed by atoms with Crippen LogP contribution in [-0.2, 0) is 16.4 Å². The topological polar surface area (TPSA) is 66.8 Å². The molecule has 0 radical (unpaired) electrons. The van der Waals surface area contributed by atoms with Crippen molar-refractivity contribution in [2.75, 3.05) is 0 Å². The standard InChI is InChI=1S/C34H40O4/c1-22-8-15-26(16-9-22)34(6,7)38-29-21-25(20-27-30(29)33(4,5)19-18-32(27,2)3)28(35)17-12-23-10-13-24(14-11-23)31(36)37/h8-17,20-21,28,35H,18-19H2,1-7H3,(H,36,37). The molecule has 0 aromatic heterocycles. The monoisotopic (exact) mass is 512 g/mol. The minimum atomic E-state index is -0.957. The number of carbonyl (C=O) groups is 1. The van der Waals surface area contributed by atoms with E-state index in [1.54, 1.807) is 30.3 Å². The molecule has 200 valence electrons. The van der Waals surface area contributed by atoms with Gasteiger partial charge >= 0.3 is 5.97 Å². The van der Waals surface area contributed by atoms with Gasteiger partial charge in [-0.15, -0.1) is 0 Å². The van der Waals surface area contributed by atoms with Crippen molar-refractivity contribution < 1.29 is 19.7 Å². The largest absolute Gasteiger partial charge is 0.483 e. The average molecular weight is 513 g/mol. The predicted molar refractivity (Wildman–Crippen MR) is 154 cm³/mol. The molecule has 3 aromatic rings. The SMILES string of the molecule is Cc1ccc(C(C)(C)Oc2cc(C(O)C=Cc3ccc(C(=O)O)cc3)cc3c2C(C)(C)CCC3(C)C)cc1. The molecule has 0 spiro atoms. The quantitative estimate of drug-likeness (QED) is 0.336. The van der Waals surface area contributed by atoms with Gasteiger partial charge in [-0.25, -0.2) is 4.79 Å². The molecule has 0 saturated carbocycles. The molecule has 1 unspecified atom stereocenters. The lowest BCUT2D eigenvalue weighted by atomic mass is 9.62. The number of aromatic carboxylic acids is 1. The Labute approximate surface area is 227 Å². The highest BCUT2D eigenvalue weighted by Crippen LogP contribution is 2.51. The third-order valence-electron chi connectivity index (χ3n) is 7.99. The normalized spacial score (nSPS) is 17.2. The van der Waals surface area contributed by atoms with Crippen LogP contribution in [0.2, 0.25) is 0 Å². The first kappa shape index (κ1) is 27.7. The van der Waals surface area contributed by atoms with Gasteiger partial charge in [-0.05, 0) is 84.9 Å². The van der Waals surface area contributed by atoms with E-state index in [2.05, 4.69) is 78.8 Å². The number of carboxylic acid groups (broad SMARTS) is 1. The summed E-state index contributed by atoms with van der Waals surface area (Å²) in [6.45, 7) is 15.4. The van der Waals surface area contributed by atoms with E-state index in [1.165, 1.54) is 16.7 Å². The number of hydrogen-bond acceptors (Lipinski definition) is 3. The first-order chi connectivity index (χ1) is 17.7. The molecule has 0 amide bonds. The summed E-state index contributed by atoms with van der Waals surface area (Å²) >= 11 is 0. The summed E-state index contributed by atoms with van der Waals surface area (Å²) in [5, 5.41) is 20.4. The number of rotatable bonds is 7. The Morgan fingerprint density at radius 1 is 0.947 bits per heavy atom. The fourth-order valence-corrected chi connectivity index (χ4v) is 5.34. The van der Waals surface area contributed by atoms with Crippen LogP contribution in [0.15, 0.2) is 66.7 Å². The summed E-state index contributed by atoms with van der Waals surface area (Å²) in [7, 11) is 0. The van der Waals surface area contributed by atoms with Gasteiger partial charge in [-0.2, -0.15) is 0 Å². The zero-order valence-corrected chi connectivity index (χ0v) is 23.6. The van der Waals surface area contributed by atoms with Crippen molar-refractivity contribution in [3.8, 4) is 5.75 Å². The summed E-state index contributed by atoms with van der Waals surface area (Å²) in [5.41, 5.74) is 5.91. The number of fused-ring (bicyclic) bond motifs is 1. The highest BCUT2D eigenvalue weighted by atomic mass is 16.5. The molecule has 38 heavy (non-hydrogen) atoms. The van der Waals surface area contributed by atoms with Gasteiger partial charge in [-0.3, -0.25) is 0 Å². The van der Waals surface area contributed by atoms with Crippen LogP contribution in [0.1, 0.15) is 104 Å². The second kappa shape index (κ2) is 10.1. The molecular formula is C34H40O4. The summed E-state index contributed by atoms with van der Waals surface area (Å²) in [5.74, 6) is -0.139. The van der Waals surface area contributed by atoms with Gasteiger partial charge in [0.2, 0.25) is 0 Å². The number of aliphatic hydroxyl groups is 1. The van der Waals surface area contributed by atoms with Gasteiger partial charge in [0.05, 0.1) is 11.7 Å². The smallest absolute Gasteiger partial charge is 0.335 e. The third-order valence-corrected chi connectivity index (χ3v) is 7.99.